The molecule has 0 bridgehead atoms. The number of carbonyl (C=O) groups excluding carboxylic acids is 1. The van der Waals surface area contributed by atoms with Crippen LogP contribution in [0.4, 0.5) is 5.69 Å². The quantitative estimate of drug-likeness (QED) is 0.684. The van der Waals surface area contributed by atoms with Crippen molar-refractivity contribution in [1.82, 2.24) is 0 Å². The van der Waals surface area contributed by atoms with E-state index in [0.29, 0.717) is 16.8 Å². The Kier molecular flexibility index (Phi) is 4.02. The van der Waals surface area contributed by atoms with Crippen LogP contribution in [0, 0.1) is 18.3 Å². The number of ether oxygens (including phenoxy) is 1. The van der Waals surface area contributed by atoms with Crippen LogP contribution in [0.2, 0.25) is 0 Å². The first kappa shape index (κ1) is 13.6. The monoisotopic (exact) mass is 266 g/mol. The summed E-state index contributed by atoms with van der Waals surface area (Å²) in [6.07, 6.45) is 0. The highest BCUT2D eigenvalue weighted by Gasteiger charge is 2.14. The van der Waals surface area contributed by atoms with E-state index in [2.05, 4.69) is 0 Å². The Morgan fingerprint density at radius 3 is 2.75 bits per heavy atom. The number of benzene rings is 2. The fourth-order valence-corrected chi connectivity index (χ4v) is 1.92. The van der Waals surface area contributed by atoms with Crippen molar-refractivity contribution in [3.63, 3.8) is 0 Å². The van der Waals surface area contributed by atoms with Crippen molar-refractivity contribution in [2.45, 2.75) is 13.5 Å². The molecule has 20 heavy (non-hydrogen) atoms. The minimum absolute atomic E-state index is 0.113. The van der Waals surface area contributed by atoms with Gasteiger partial charge >= 0.3 is 5.97 Å². The Balaban J connectivity index is 2.11. The maximum Gasteiger partial charge on any atom is 0.340 e. The van der Waals surface area contributed by atoms with Gasteiger partial charge in [-0.15, -0.1) is 0 Å². The molecule has 0 aliphatic carbocycles. The Bertz CT molecular complexity index is 667. The van der Waals surface area contributed by atoms with Gasteiger partial charge in [0.25, 0.3) is 0 Å². The van der Waals surface area contributed by atoms with Gasteiger partial charge in [-0.05, 0) is 36.2 Å². The van der Waals surface area contributed by atoms with Gasteiger partial charge in [0.15, 0.2) is 0 Å². The van der Waals surface area contributed by atoms with Crippen molar-refractivity contribution in [3.8, 4) is 6.07 Å². The molecule has 0 fully saturated rings. The number of anilines is 1. The van der Waals surface area contributed by atoms with E-state index in [1.165, 1.54) is 0 Å². The molecule has 0 amide bonds. The Hall–Kier alpha value is -2.80. The average molecular weight is 266 g/mol. The van der Waals surface area contributed by atoms with E-state index in [4.69, 9.17) is 15.7 Å². The van der Waals surface area contributed by atoms with Crippen LogP contribution in [-0.4, -0.2) is 5.97 Å². The molecule has 0 radical (unpaired) electrons. The molecule has 2 N–H and O–H groups in total. The number of nitrogens with zero attached hydrogens (tertiary/aromatic N) is 1. The molecule has 0 heterocycles. The molecule has 4 nitrogen and oxygen atoms in total. The minimum Gasteiger partial charge on any atom is -0.457 e. The van der Waals surface area contributed by atoms with E-state index < -0.39 is 5.97 Å². The average Bonchev–Trinajstić information content (AvgIpc) is 2.45. The summed E-state index contributed by atoms with van der Waals surface area (Å²) in [6, 6.07) is 14.3. The minimum atomic E-state index is -0.456. The largest absolute Gasteiger partial charge is 0.457 e. The lowest BCUT2D eigenvalue weighted by Crippen LogP contribution is -2.10. The van der Waals surface area contributed by atoms with Crippen molar-refractivity contribution in [2.24, 2.45) is 0 Å². The lowest BCUT2D eigenvalue weighted by atomic mass is 10.1. The van der Waals surface area contributed by atoms with Gasteiger partial charge in [-0.25, -0.2) is 4.79 Å². The summed E-state index contributed by atoms with van der Waals surface area (Å²) in [7, 11) is 0. The van der Waals surface area contributed by atoms with E-state index in [-0.39, 0.29) is 6.61 Å². The van der Waals surface area contributed by atoms with Gasteiger partial charge in [-0.3, -0.25) is 0 Å². The van der Waals surface area contributed by atoms with Gasteiger partial charge in [0.1, 0.15) is 6.61 Å². The summed E-state index contributed by atoms with van der Waals surface area (Å²) in [6.45, 7) is 1.92. The molecule has 100 valence electrons. The fraction of sp³-hybridized carbons (Fsp3) is 0.125. The molecule has 0 saturated heterocycles. The number of nitriles is 1. The summed E-state index contributed by atoms with van der Waals surface area (Å²) in [5.74, 6) is -0.456. The van der Waals surface area contributed by atoms with Gasteiger partial charge in [-0.2, -0.15) is 5.26 Å². The number of rotatable bonds is 3. The second-order valence-corrected chi connectivity index (χ2v) is 4.43. The van der Waals surface area contributed by atoms with Gasteiger partial charge in [0, 0.05) is 5.69 Å². The first-order valence-electron chi connectivity index (χ1n) is 6.13. The maximum absolute atomic E-state index is 12.0. The second kappa shape index (κ2) is 5.89. The molecule has 0 spiro atoms. The molecule has 2 aromatic carbocycles. The highest BCUT2D eigenvalue weighted by molar-refractivity contribution is 5.96. The predicted octanol–water partition coefficient (Wildman–Crippen LogP) is 2.81. The first-order chi connectivity index (χ1) is 9.61. The third kappa shape index (κ3) is 2.96. The fourth-order valence-electron chi connectivity index (χ4n) is 1.92. The molecule has 2 rings (SSSR count). The van der Waals surface area contributed by atoms with E-state index in [1.54, 1.807) is 36.4 Å². The SMILES string of the molecule is Cc1cccc(N)c1C(=O)OCc1cccc(C#N)c1. The maximum atomic E-state index is 12.0. The van der Waals surface area contributed by atoms with Crippen molar-refractivity contribution in [1.29, 1.82) is 5.26 Å². The lowest BCUT2D eigenvalue weighted by Gasteiger charge is -2.09. The molecule has 0 saturated carbocycles. The van der Waals surface area contributed by atoms with Crippen LogP contribution in [0.3, 0.4) is 0 Å². The number of nitrogens with two attached hydrogens (primary N) is 1. The van der Waals surface area contributed by atoms with Crippen molar-refractivity contribution >= 4 is 11.7 Å². The number of esters is 1. The molecule has 0 atom stereocenters. The van der Waals surface area contributed by atoms with Crippen LogP contribution >= 0.6 is 0 Å². The van der Waals surface area contributed by atoms with Crippen LogP contribution in [0.25, 0.3) is 0 Å². The van der Waals surface area contributed by atoms with E-state index >= 15 is 0 Å². The lowest BCUT2D eigenvalue weighted by molar-refractivity contribution is 0.0473. The van der Waals surface area contributed by atoms with Crippen molar-refractivity contribution < 1.29 is 9.53 Å². The van der Waals surface area contributed by atoms with Crippen LogP contribution in [0.5, 0.6) is 0 Å². The first-order valence-corrected chi connectivity index (χ1v) is 6.13. The molecule has 0 aliphatic heterocycles. The summed E-state index contributed by atoms with van der Waals surface area (Å²) < 4.78 is 5.25. The molecule has 0 aliphatic rings. The molecule has 0 unspecified atom stereocenters. The smallest absolute Gasteiger partial charge is 0.340 e. The molecular weight excluding hydrogens is 252 g/mol. The summed E-state index contributed by atoms with van der Waals surface area (Å²) in [5.41, 5.74) is 8.67. The van der Waals surface area contributed by atoms with Crippen molar-refractivity contribution in [2.75, 3.05) is 5.73 Å². The third-order valence-corrected chi connectivity index (χ3v) is 2.94. The zero-order valence-electron chi connectivity index (χ0n) is 11.1. The number of aryl methyl sites for hydroxylation is 1. The second-order valence-electron chi connectivity index (χ2n) is 4.43. The number of hydrogen-bond acceptors (Lipinski definition) is 4. The normalized spacial score (nSPS) is 9.80. The molecule has 2 aromatic rings. The Labute approximate surface area is 117 Å². The van der Waals surface area contributed by atoms with Crippen LogP contribution in [0.15, 0.2) is 42.5 Å². The van der Waals surface area contributed by atoms with Crippen LogP contribution in [-0.2, 0) is 11.3 Å². The van der Waals surface area contributed by atoms with E-state index in [1.807, 2.05) is 19.1 Å². The summed E-state index contributed by atoms with van der Waals surface area (Å²) in [5, 5.41) is 8.82. The standard InChI is InChI=1S/C16H14N2O2/c1-11-4-2-7-14(18)15(11)16(19)20-10-13-6-3-5-12(8-13)9-17/h2-8H,10,18H2,1H3. The van der Waals surface area contributed by atoms with Gasteiger partial charge in [-0.1, -0.05) is 24.3 Å². The van der Waals surface area contributed by atoms with Gasteiger partial charge in [0.2, 0.25) is 0 Å². The third-order valence-electron chi connectivity index (χ3n) is 2.94. The summed E-state index contributed by atoms with van der Waals surface area (Å²) >= 11 is 0. The van der Waals surface area contributed by atoms with Crippen LogP contribution < -0.4 is 5.73 Å². The number of carbonyl (C=O) groups is 1. The zero-order chi connectivity index (χ0) is 14.5. The van der Waals surface area contributed by atoms with E-state index in [0.717, 1.165) is 11.1 Å². The van der Waals surface area contributed by atoms with Crippen molar-refractivity contribution in [3.05, 3.63) is 64.7 Å². The predicted molar refractivity (Wildman–Crippen MR) is 75.9 cm³/mol. The molecule has 4 heteroatoms. The highest BCUT2D eigenvalue weighted by Crippen LogP contribution is 2.18. The van der Waals surface area contributed by atoms with Gasteiger partial charge < -0.3 is 10.5 Å². The topological polar surface area (TPSA) is 76.1 Å². The number of nitrogen functional groups attached to an aromatic ring is 1. The molecular formula is C16H14N2O2. The zero-order valence-corrected chi connectivity index (χ0v) is 11.1. The van der Waals surface area contributed by atoms with Crippen LogP contribution in [0.1, 0.15) is 27.0 Å². The Morgan fingerprint density at radius 2 is 2.05 bits per heavy atom. The van der Waals surface area contributed by atoms with Gasteiger partial charge in [0.05, 0.1) is 17.2 Å². The highest BCUT2D eigenvalue weighted by atomic mass is 16.5. The Morgan fingerprint density at radius 1 is 1.30 bits per heavy atom. The van der Waals surface area contributed by atoms with E-state index in [9.17, 15) is 4.79 Å². The number of hydrogen-bond donors (Lipinski definition) is 1. The molecule has 0 aromatic heterocycles. The summed E-state index contributed by atoms with van der Waals surface area (Å²) in [4.78, 5) is 12.0.